The molecule has 2 aromatic carbocycles. The highest BCUT2D eigenvalue weighted by Crippen LogP contribution is 2.32. The molecule has 1 aliphatic carbocycles. The average molecular weight is 462 g/mol. The van der Waals surface area contributed by atoms with Gasteiger partial charge in [-0.05, 0) is 55.0 Å². The molecule has 0 fully saturated rings. The number of ether oxygens (including phenoxy) is 2. The standard InChI is InChI=1S/C26H27N3O5/c1-15-8-10-21-19(12-15)25(18-6-4-5-7-20(18)28-21)26(32)34-14-24(31)29-22-13-17(27-16(2)30)9-11-23(22)33-3/h4-7,9,11,13,15H,8,10,12,14H2,1-3H3,(H,27,30)(H,29,31). The van der Waals surface area contributed by atoms with Gasteiger partial charge in [-0.25, -0.2) is 4.79 Å². The van der Waals surface area contributed by atoms with Gasteiger partial charge in [-0.3, -0.25) is 14.6 Å². The lowest BCUT2D eigenvalue weighted by atomic mass is 9.84. The van der Waals surface area contributed by atoms with Crippen molar-refractivity contribution in [2.24, 2.45) is 5.92 Å². The largest absolute Gasteiger partial charge is 0.495 e. The number of anilines is 2. The van der Waals surface area contributed by atoms with Crippen molar-refractivity contribution in [1.29, 1.82) is 0 Å². The van der Waals surface area contributed by atoms with E-state index in [0.717, 1.165) is 41.4 Å². The van der Waals surface area contributed by atoms with Gasteiger partial charge >= 0.3 is 5.97 Å². The molecule has 0 saturated carbocycles. The molecular weight excluding hydrogens is 434 g/mol. The third-order valence-corrected chi connectivity index (χ3v) is 5.84. The molecule has 0 bridgehead atoms. The van der Waals surface area contributed by atoms with Gasteiger partial charge in [-0.1, -0.05) is 25.1 Å². The summed E-state index contributed by atoms with van der Waals surface area (Å²) >= 11 is 0. The summed E-state index contributed by atoms with van der Waals surface area (Å²) in [6.07, 6.45) is 2.58. The lowest BCUT2D eigenvalue weighted by molar-refractivity contribution is -0.119. The van der Waals surface area contributed by atoms with Crippen LogP contribution in [0.5, 0.6) is 5.75 Å². The molecule has 2 N–H and O–H groups in total. The van der Waals surface area contributed by atoms with E-state index in [1.165, 1.54) is 14.0 Å². The van der Waals surface area contributed by atoms with Crippen LogP contribution in [0.1, 0.15) is 41.9 Å². The molecule has 34 heavy (non-hydrogen) atoms. The van der Waals surface area contributed by atoms with Crippen LogP contribution in [0.3, 0.4) is 0 Å². The molecule has 0 saturated heterocycles. The number of rotatable bonds is 6. The minimum absolute atomic E-state index is 0.237. The van der Waals surface area contributed by atoms with Crippen molar-refractivity contribution < 1.29 is 23.9 Å². The third kappa shape index (κ3) is 5.01. The van der Waals surface area contributed by atoms with Crippen LogP contribution in [-0.2, 0) is 27.2 Å². The maximum absolute atomic E-state index is 13.2. The Morgan fingerprint density at radius 2 is 1.91 bits per heavy atom. The van der Waals surface area contributed by atoms with Gasteiger partial charge in [0.25, 0.3) is 5.91 Å². The zero-order valence-corrected chi connectivity index (χ0v) is 19.4. The fourth-order valence-corrected chi connectivity index (χ4v) is 4.27. The molecule has 176 valence electrons. The van der Waals surface area contributed by atoms with E-state index < -0.39 is 18.5 Å². The number of fused-ring (bicyclic) bond motifs is 2. The first kappa shape index (κ1) is 23.2. The number of hydrogen-bond acceptors (Lipinski definition) is 6. The van der Waals surface area contributed by atoms with Crippen molar-refractivity contribution in [1.82, 2.24) is 4.98 Å². The number of carbonyl (C=O) groups is 3. The highest BCUT2D eigenvalue weighted by Gasteiger charge is 2.26. The molecule has 0 aliphatic heterocycles. The Morgan fingerprint density at radius 1 is 1.12 bits per heavy atom. The van der Waals surface area contributed by atoms with Crippen LogP contribution in [0.2, 0.25) is 0 Å². The Labute approximate surface area is 197 Å². The van der Waals surface area contributed by atoms with Gasteiger partial charge in [-0.2, -0.15) is 0 Å². The summed E-state index contributed by atoms with van der Waals surface area (Å²) in [7, 11) is 1.47. The van der Waals surface area contributed by atoms with Gasteiger partial charge in [0.15, 0.2) is 6.61 Å². The molecular formula is C26H27N3O5. The summed E-state index contributed by atoms with van der Waals surface area (Å²) in [5, 5.41) is 6.06. The number of aromatic nitrogens is 1. The molecule has 1 heterocycles. The van der Waals surface area contributed by atoms with Crippen molar-refractivity contribution in [3.8, 4) is 5.75 Å². The number of aryl methyl sites for hydroxylation is 1. The zero-order chi connectivity index (χ0) is 24.2. The molecule has 2 amide bonds. The average Bonchev–Trinajstić information content (AvgIpc) is 2.81. The first-order chi connectivity index (χ1) is 16.4. The second kappa shape index (κ2) is 9.91. The first-order valence-electron chi connectivity index (χ1n) is 11.2. The summed E-state index contributed by atoms with van der Waals surface area (Å²) in [6.45, 7) is 3.08. The molecule has 0 spiro atoms. The first-order valence-corrected chi connectivity index (χ1v) is 11.2. The van der Waals surface area contributed by atoms with Crippen molar-refractivity contribution in [2.45, 2.75) is 33.1 Å². The molecule has 4 rings (SSSR count). The van der Waals surface area contributed by atoms with Gasteiger partial charge in [0.1, 0.15) is 5.75 Å². The van der Waals surface area contributed by atoms with Crippen LogP contribution in [0, 0.1) is 5.92 Å². The molecule has 3 aromatic rings. The lowest BCUT2D eigenvalue weighted by Crippen LogP contribution is -2.24. The second-order valence-electron chi connectivity index (χ2n) is 8.50. The topological polar surface area (TPSA) is 107 Å². The number of amides is 2. The quantitative estimate of drug-likeness (QED) is 0.535. The number of nitrogens with zero attached hydrogens (tertiary/aromatic N) is 1. The Morgan fingerprint density at radius 3 is 2.68 bits per heavy atom. The summed E-state index contributed by atoms with van der Waals surface area (Å²) in [5.41, 5.74) is 3.93. The maximum Gasteiger partial charge on any atom is 0.339 e. The Balaban J connectivity index is 1.53. The predicted octanol–water partition coefficient (Wildman–Crippen LogP) is 4.12. The Bertz CT molecular complexity index is 1270. The Hall–Kier alpha value is -3.94. The second-order valence-corrected chi connectivity index (χ2v) is 8.50. The monoisotopic (exact) mass is 461 g/mol. The number of para-hydroxylation sites is 1. The molecule has 8 heteroatoms. The maximum atomic E-state index is 13.2. The van der Waals surface area contributed by atoms with Crippen LogP contribution in [0.15, 0.2) is 42.5 Å². The highest BCUT2D eigenvalue weighted by molar-refractivity contribution is 6.06. The highest BCUT2D eigenvalue weighted by atomic mass is 16.5. The van der Waals surface area contributed by atoms with Crippen LogP contribution in [-0.4, -0.2) is 36.5 Å². The van der Waals surface area contributed by atoms with Crippen LogP contribution < -0.4 is 15.4 Å². The van der Waals surface area contributed by atoms with E-state index in [1.807, 2.05) is 24.3 Å². The summed E-state index contributed by atoms with van der Waals surface area (Å²) < 4.78 is 10.7. The smallest absolute Gasteiger partial charge is 0.339 e. The van der Waals surface area contributed by atoms with E-state index >= 15 is 0 Å². The molecule has 1 aliphatic rings. The van der Waals surface area contributed by atoms with Gasteiger partial charge in [0.05, 0.1) is 23.9 Å². The van der Waals surface area contributed by atoms with Crippen LogP contribution in [0.4, 0.5) is 11.4 Å². The summed E-state index contributed by atoms with van der Waals surface area (Å²) in [5.74, 6) is -0.450. The number of hydrogen-bond donors (Lipinski definition) is 2. The van der Waals surface area contributed by atoms with Crippen molar-refractivity contribution >= 4 is 40.1 Å². The van der Waals surface area contributed by atoms with E-state index in [1.54, 1.807) is 18.2 Å². The van der Waals surface area contributed by atoms with E-state index in [0.29, 0.717) is 28.6 Å². The number of pyridine rings is 1. The molecule has 8 nitrogen and oxygen atoms in total. The lowest BCUT2D eigenvalue weighted by Gasteiger charge is -2.24. The minimum atomic E-state index is -0.543. The van der Waals surface area contributed by atoms with Gasteiger partial charge in [0, 0.05) is 23.7 Å². The third-order valence-electron chi connectivity index (χ3n) is 5.84. The van der Waals surface area contributed by atoms with Crippen LogP contribution >= 0.6 is 0 Å². The van der Waals surface area contributed by atoms with E-state index in [9.17, 15) is 14.4 Å². The number of esters is 1. The van der Waals surface area contributed by atoms with E-state index in [-0.39, 0.29) is 5.91 Å². The van der Waals surface area contributed by atoms with Gasteiger partial charge in [-0.15, -0.1) is 0 Å². The Kier molecular flexibility index (Phi) is 6.77. The summed E-state index contributed by atoms with van der Waals surface area (Å²) in [4.78, 5) is 41.9. The summed E-state index contributed by atoms with van der Waals surface area (Å²) in [6, 6.07) is 12.4. The van der Waals surface area contributed by atoms with Crippen molar-refractivity contribution in [2.75, 3.05) is 24.4 Å². The van der Waals surface area contributed by atoms with E-state index in [4.69, 9.17) is 14.5 Å². The predicted molar refractivity (Wildman–Crippen MR) is 129 cm³/mol. The number of methoxy groups -OCH3 is 1. The van der Waals surface area contributed by atoms with Crippen molar-refractivity contribution in [3.63, 3.8) is 0 Å². The normalized spacial score (nSPS) is 14.7. The van der Waals surface area contributed by atoms with Crippen molar-refractivity contribution in [3.05, 3.63) is 59.3 Å². The van der Waals surface area contributed by atoms with Crippen LogP contribution in [0.25, 0.3) is 10.9 Å². The minimum Gasteiger partial charge on any atom is -0.495 e. The van der Waals surface area contributed by atoms with Gasteiger partial charge < -0.3 is 20.1 Å². The fourth-order valence-electron chi connectivity index (χ4n) is 4.27. The number of benzene rings is 2. The fraction of sp³-hybridized carbons (Fsp3) is 0.308. The number of carbonyl (C=O) groups excluding carboxylic acids is 3. The SMILES string of the molecule is COc1ccc(NC(C)=O)cc1NC(=O)COC(=O)c1c2c(nc3ccccc13)CCC(C)C2. The van der Waals surface area contributed by atoms with Gasteiger partial charge in [0.2, 0.25) is 5.91 Å². The number of nitrogens with one attached hydrogen (secondary N) is 2. The molecule has 1 aromatic heterocycles. The molecule has 0 radical (unpaired) electrons. The zero-order valence-electron chi connectivity index (χ0n) is 19.4. The molecule has 1 atom stereocenters. The van der Waals surface area contributed by atoms with E-state index in [2.05, 4.69) is 17.6 Å². The molecule has 1 unspecified atom stereocenters.